The molecule has 1 aliphatic rings. The fraction of sp³-hybridized carbons (Fsp3) is 0.250. The number of carbonyl (C=O) groups is 2. The van der Waals surface area contributed by atoms with Gasteiger partial charge in [0.2, 0.25) is 0 Å². The lowest BCUT2D eigenvalue weighted by Gasteiger charge is -2.12. The van der Waals surface area contributed by atoms with E-state index in [0.29, 0.717) is 6.42 Å². The van der Waals surface area contributed by atoms with Gasteiger partial charge >= 0.3 is 6.09 Å². The topological polar surface area (TPSA) is 64.6 Å². The van der Waals surface area contributed by atoms with Crippen LogP contribution in [0.25, 0.3) is 10.4 Å². The third-order valence-corrected chi connectivity index (χ3v) is 4.66. The first-order chi connectivity index (χ1) is 10.6. The number of rotatable bonds is 3. The predicted molar refractivity (Wildman–Crippen MR) is 83.4 cm³/mol. The maximum atomic E-state index is 11.4. The van der Waals surface area contributed by atoms with Crippen molar-refractivity contribution in [3.05, 3.63) is 40.8 Å². The molecule has 1 atom stereocenters. The van der Waals surface area contributed by atoms with Gasteiger partial charge in [0.05, 0.1) is 12.0 Å². The molecule has 1 N–H and O–H groups in total. The highest BCUT2D eigenvalue weighted by Gasteiger charge is 2.27. The van der Waals surface area contributed by atoms with Crippen molar-refractivity contribution in [1.29, 1.82) is 0 Å². The standard InChI is InChI=1S/C16H15NO4S/c1-9(18)12-6-7-13(22-12)11-5-3-4-10-8-14(21-15(10)11)17-16(19)20-2/h3-7,14H,8H2,1-2H3,(H,17,19). The van der Waals surface area contributed by atoms with Gasteiger partial charge in [0.15, 0.2) is 12.0 Å². The highest BCUT2D eigenvalue weighted by molar-refractivity contribution is 7.17. The van der Waals surface area contributed by atoms with Crippen molar-refractivity contribution >= 4 is 23.2 Å². The van der Waals surface area contributed by atoms with E-state index in [9.17, 15) is 9.59 Å². The molecule has 0 spiro atoms. The predicted octanol–water partition coefficient (Wildman–Crippen LogP) is 3.23. The molecule has 1 aromatic carbocycles. The fourth-order valence-electron chi connectivity index (χ4n) is 2.41. The Morgan fingerprint density at radius 2 is 2.14 bits per heavy atom. The van der Waals surface area contributed by atoms with Crippen LogP contribution in [0, 0.1) is 0 Å². The van der Waals surface area contributed by atoms with Crippen molar-refractivity contribution in [3.63, 3.8) is 0 Å². The lowest BCUT2D eigenvalue weighted by Crippen LogP contribution is -2.37. The van der Waals surface area contributed by atoms with E-state index in [-0.39, 0.29) is 5.78 Å². The minimum Gasteiger partial charge on any atom is -0.469 e. The van der Waals surface area contributed by atoms with Crippen molar-refractivity contribution < 1.29 is 19.1 Å². The minimum absolute atomic E-state index is 0.0509. The van der Waals surface area contributed by atoms with Crippen LogP contribution in [0.5, 0.6) is 5.75 Å². The summed E-state index contributed by atoms with van der Waals surface area (Å²) in [6.07, 6.45) is -0.367. The average Bonchev–Trinajstić information content (AvgIpc) is 3.12. The molecule has 5 nitrogen and oxygen atoms in total. The number of fused-ring (bicyclic) bond motifs is 1. The second kappa shape index (κ2) is 5.81. The Kier molecular flexibility index (Phi) is 3.85. The summed E-state index contributed by atoms with van der Waals surface area (Å²) in [4.78, 5) is 24.4. The summed E-state index contributed by atoms with van der Waals surface area (Å²) in [6.45, 7) is 1.55. The highest BCUT2D eigenvalue weighted by Crippen LogP contribution is 2.41. The van der Waals surface area contributed by atoms with Gasteiger partial charge in [0, 0.05) is 22.4 Å². The van der Waals surface area contributed by atoms with Crippen molar-refractivity contribution in [2.45, 2.75) is 19.6 Å². The van der Waals surface area contributed by atoms with Crippen LogP contribution in [0.3, 0.4) is 0 Å². The largest absolute Gasteiger partial charge is 0.469 e. The molecule has 0 saturated heterocycles. The minimum atomic E-state index is -0.519. The zero-order valence-corrected chi connectivity index (χ0v) is 13.0. The number of hydrogen-bond donors (Lipinski definition) is 1. The second-order valence-corrected chi connectivity index (χ2v) is 6.04. The smallest absolute Gasteiger partial charge is 0.409 e. The molecule has 22 heavy (non-hydrogen) atoms. The number of nitrogens with one attached hydrogen (secondary N) is 1. The van der Waals surface area contributed by atoms with E-state index < -0.39 is 12.3 Å². The molecule has 114 valence electrons. The first-order valence-electron chi connectivity index (χ1n) is 6.82. The molecule has 1 amide bonds. The highest BCUT2D eigenvalue weighted by atomic mass is 32.1. The number of hydrogen-bond acceptors (Lipinski definition) is 5. The molecule has 6 heteroatoms. The van der Waals surface area contributed by atoms with Gasteiger partial charge in [-0.3, -0.25) is 10.1 Å². The van der Waals surface area contributed by atoms with Gasteiger partial charge in [-0.15, -0.1) is 11.3 Å². The summed E-state index contributed by atoms with van der Waals surface area (Å²) in [6, 6.07) is 9.61. The maximum Gasteiger partial charge on any atom is 0.409 e. The Hall–Kier alpha value is -2.34. The van der Waals surface area contributed by atoms with E-state index in [1.807, 2.05) is 30.3 Å². The number of amides is 1. The Morgan fingerprint density at radius 1 is 1.32 bits per heavy atom. The van der Waals surface area contributed by atoms with Crippen LogP contribution in [0.1, 0.15) is 22.2 Å². The van der Waals surface area contributed by atoms with E-state index >= 15 is 0 Å². The van der Waals surface area contributed by atoms with Crippen LogP contribution in [0.4, 0.5) is 4.79 Å². The molecule has 3 rings (SSSR count). The van der Waals surface area contributed by atoms with E-state index in [2.05, 4.69) is 10.1 Å². The van der Waals surface area contributed by atoms with Gasteiger partial charge in [-0.25, -0.2) is 4.79 Å². The number of thiophene rings is 1. The Labute approximate surface area is 131 Å². The fourth-order valence-corrected chi connectivity index (χ4v) is 3.33. The number of para-hydroxylation sites is 1. The molecular formula is C16H15NO4S. The van der Waals surface area contributed by atoms with Gasteiger partial charge in [-0.2, -0.15) is 0 Å². The molecule has 1 aromatic heterocycles. The van der Waals surface area contributed by atoms with Crippen LogP contribution in [0.15, 0.2) is 30.3 Å². The first-order valence-corrected chi connectivity index (χ1v) is 7.64. The number of carbonyl (C=O) groups excluding carboxylic acids is 2. The Morgan fingerprint density at radius 3 is 2.82 bits per heavy atom. The van der Waals surface area contributed by atoms with Gasteiger partial charge in [0.25, 0.3) is 0 Å². The second-order valence-electron chi connectivity index (χ2n) is 4.96. The van der Waals surface area contributed by atoms with E-state index in [0.717, 1.165) is 26.6 Å². The zero-order chi connectivity index (χ0) is 15.7. The molecule has 2 heterocycles. The Bertz CT molecular complexity index is 737. The van der Waals surface area contributed by atoms with E-state index in [1.54, 1.807) is 6.92 Å². The van der Waals surface area contributed by atoms with Crippen molar-refractivity contribution in [3.8, 4) is 16.2 Å². The number of ether oxygens (including phenoxy) is 2. The van der Waals surface area contributed by atoms with Gasteiger partial charge in [-0.1, -0.05) is 12.1 Å². The molecule has 1 unspecified atom stereocenters. The van der Waals surface area contributed by atoms with Gasteiger partial charge in [-0.05, 0) is 25.1 Å². The van der Waals surface area contributed by atoms with E-state index in [1.165, 1.54) is 18.4 Å². The summed E-state index contributed by atoms with van der Waals surface area (Å²) in [5.74, 6) is 0.802. The summed E-state index contributed by atoms with van der Waals surface area (Å²) in [5, 5.41) is 2.64. The number of Topliss-reactive ketones (excluding diaryl/α,β-unsaturated/α-hetero) is 1. The van der Waals surface area contributed by atoms with Crippen LogP contribution in [-0.4, -0.2) is 25.2 Å². The van der Waals surface area contributed by atoms with Crippen LogP contribution in [0.2, 0.25) is 0 Å². The third kappa shape index (κ3) is 2.69. The molecule has 0 fully saturated rings. The van der Waals surface area contributed by atoms with Gasteiger partial charge < -0.3 is 9.47 Å². The molecule has 1 aliphatic heterocycles. The molecular weight excluding hydrogens is 302 g/mol. The molecule has 2 aromatic rings. The lowest BCUT2D eigenvalue weighted by atomic mass is 10.1. The molecule has 0 aliphatic carbocycles. The number of methoxy groups -OCH3 is 1. The summed E-state index contributed by atoms with van der Waals surface area (Å²) in [7, 11) is 1.32. The quantitative estimate of drug-likeness (QED) is 0.883. The maximum absolute atomic E-state index is 11.4. The first kappa shape index (κ1) is 14.6. The zero-order valence-electron chi connectivity index (χ0n) is 12.2. The van der Waals surface area contributed by atoms with Crippen molar-refractivity contribution in [2.75, 3.05) is 7.11 Å². The van der Waals surface area contributed by atoms with E-state index in [4.69, 9.17) is 4.74 Å². The average molecular weight is 317 g/mol. The number of ketones is 1. The summed E-state index contributed by atoms with van der Waals surface area (Å²) >= 11 is 1.44. The lowest BCUT2D eigenvalue weighted by molar-refractivity contribution is 0.102. The van der Waals surface area contributed by atoms with Crippen molar-refractivity contribution in [2.24, 2.45) is 0 Å². The molecule has 0 bridgehead atoms. The SMILES string of the molecule is COC(=O)NC1Cc2cccc(-c3ccc(C(C)=O)s3)c2O1. The third-order valence-electron chi connectivity index (χ3n) is 3.44. The van der Waals surface area contributed by atoms with Crippen molar-refractivity contribution in [1.82, 2.24) is 5.32 Å². The summed E-state index contributed by atoms with van der Waals surface area (Å²) in [5.41, 5.74) is 1.96. The molecule has 0 saturated carbocycles. The van der Waals surface area contributed by atoms with Crippen LogP contribution < -0.4 is 10.1 Å². The molecule has 0 radical (unpaired) electrons. The van der Waals surface area contributed by atoms with Crippen LogP contribution >= 0.6 is 11.3 Å². The van der Waals surface area contributed by atoms with Gasteiger partial charge in [0.1, 0.15) is 5.75 Å². The number of alkyl carbamates (subject to hydrolysis) is 1. The normalized spacial score (nSPS) is 15.8. The number of benzene rings is 1. The summed E-state index contributed by atoms with van der Waals surface area (Å²) < 4.78 is 10.4. The van der Waals surface area contributed by atoms with Crippen LogP contribution in [-0.2, 0) is 11.2 Å². The Balaban J connectivity index is 1.89. The monoisotopic (exact) mass is 317 g/mol.